The molecule has 4 aromatic rings. The highest BCUT2D eigenvalue weighted by atomic mass is 16.5. The zero-order chi connectivity index (χ0) is 26.6. The van der Waals surface area contributed by atoms with Crippen LogP contribution < -0.4 is 4.74 Å². The van der Waals surface area contributed by atoms with E-state index >= 15 is 0 Å². The maximum atomic E-state index is 13.6. The number of ether oxygens (including phenoxy) is 1. The van der Waals surface area contributed by atoms with Crippen LogP contribution in [-0.4, -0.2) is 51.6 Å². The lowest BCUT2D eigenvalue weighted by atomic mass is 10.1. The number of carbonyl (C=O) groups is 2. The fourth-order valence-electron chi connectivity index (χ4n) is 4.77. The molecule has 0 radical (unpaired) electrons. The summed E-state index contributed by atoms with van der Waals surface area (Å²) in [4.78, 5) is 30.2. The number of furan rings is 1. The van der Waals surface area contributed by atoms with Crippen LogP contribution in [0.25, 0.3) is 0 Å². The van der Waals surface area contributed by atoms with E-state index in [1.165, 1.54) is 0 Å². The molecule has 2 bridgehead atoms. The van der Waals surface area contributed by atoms with Gasteiger partial charge in [0.25, 0.3) is 11.8 Å². The van der Waals surface area contributed by atoms with Gasteiger partial charge in [-0.05, 0) is 61.7 Å². The van der Waals surface area contributed by atoms with Crippen LogP contribution in [0.15, 0.2) is 71.1 Å². The van der Waals surface area contributed by atoms with Crippen molar-refractivity contribution in [2.75, 3.05) is 20.2 Å². The maximum absolute atomic E-state index is 13.6. The Morgan fingerprint density at radius 3 is 2.55 bits per heavy atom. The summed E-state index contributed by atoms with van der Waals surface area (Å²) in [6, 6.07) is 20.9. The van der Waals surface area contributed by atoms with E-state index in [1.807, 2.05) is 67.1 Å². The molecule has 8 heteroatoms. The normalized spacial score (nSPS) is 14.6. The van der Waals surface area contributed by atoms with Crippen LogP contribution in [0, 0.1) is 13.8 Å². The lowest BCUT2D eigenvalue weighted by molar-refractivity contribution is 0.0699. The fraction of sp³-hybridized carbons (Fsp3) is 0.300. The average Bonchev–Trinajstić information content (AvgIpc) is 3.50. The molecule has 1 aliphatic rings. The molecule has 3 heterocycles. The molecular formula is C30H32N4O4. The van der Waals surface area contributed by atoms with E-state index < -0.39 is 0 Å². The molecule has 0 atom stereocenters. The van der Waals surface area contributed by atoms with Crippen LogP contribution in [0.3, 0.4) is 0 Å². The van der Waals surface area contributed by atoms with E-state index in [1.54, 1.807) is 29.0 Å². The number of carbonyl (C=O) groups excluding carboxylic acids is 2. The van der Waals surface area contributed by atoms with Gasteiger partial charge in [0.15, 0.2) is 5.76 Å². The van der Waals surface area contributed by atoms with Gasteiger partial charge in [-0.1, -0.05) is 36.4 Å². The van der Waals surface area contributed by atoms with Crippen molar-refractivity contribution in [1.82, 2.24) is 19.6 Å². The van der Waals surface area contributed by atoms with E-state index in [2.05, 4.69) is 11.2 Å². The van der Waals surface area contributed by atoms with Crippen molar-refractivity contribution < 1.29 is 18.7 Å². The summed E-state index contributed by atoms with van der Waals surface area (Å²) in [6.45, 7) is 6.14. The van der Waals surface area contributed by atoms with E-state index in [-0.39, 0.29) is 11.8 Å². The Morgan fingerprint density at radius 2 is 1.76 bits per heavy atom. The second-order valence-electron chi connectivity index (χ2n) is 9.76. The highest BCUT2D eigenvalue weighted by Crippen LogP contribution is 2.22. The number of benzene rings is 2. The van der Waals surface area contributed by atoms with Gasteiger partial charge in [-0.15, -0.1) is 0 Å². The number of aromatic nitrogens is 2. The minimum Gasteiger partial charge on any atom is -0.493 e. The fourth-order valence-corrected chi connectivity index (χ4v) is 4.77. The van der Waals surface area contributed by atoms with Crippen LogP contribution in [0.2, 0.25) is 0 Å². The number of rotatable bonds is 3. The molecule has 2 aromatic carbocycles. The Kier molecular flexibility index (Phi) is 7.31. The molecule has 0 unspecified atom stereocenters. The van der Waals surface area contributed by atoms with Gasteiger partial charge in [0.2, 0.25) is 0 Å². The molecule has 2 amide bonds. The number of fused-ring (bicyclic) bond motifs is 3. The Morgan fingerprint density at radius 1 is 0.974 bits per heavy atom. The van der Waals surface area contributed by atoms with Crippen LogP contribution in [0.4, 0.5) is 0 Å². The summed E-state index contributed by atoms with van der Waals surface area (Å²) in [7, 11) is 1.79. The zero-order valence-electron chi connectivity index (χ0n) is 22.0. The molecule has 0 saturated heterocycles. The van der Waals surface area contributed by atoms with Crippen molar-refractivity contribution >= 4 is 11.8 Å². The summed E-state index contributed by atoms with van der Waals surface area (Å²) in [5, 5.41) is 4.49. The lowest BCUT2D eigenvalue weighted by Gasteiger charge is -2.24. The molecule has 8 nitrogen and oxygen atoms in total. The van der Waals surface area contributed by atoms with Gasteiger partial charge in [-0.2, -0.15) is 5.10 Å². The number of hydrogen-bond acceptors (Lipinski definition) is 5. The van der Waals surface area contributed by atoms with Gasteiger partial charge in [-0.25, -0.2) is 0 Å². The summed E-state index contributed by atoms with van der Waals surface area (Å²) >= 11 is 0. The molecule has 1 aliphatic heterocycles. The number of nitrogens with zero attached hydrogens (tertiary/aromatic N) is 4. The predicted molar refractivity (Wildman–Crippen MR) is 143 cm³/mol. The van der Waals surface area contributed by atoms with Crippen molar-refractivity contribution in [1.29, 1.82) is 0 Å². The minimum absolute atomic E-state index is 0.0889. The van der Waals surface area contributed by atoms with Crippen molar-refractivity contribution in [3.05, 3.63) is 106 Å². The lowest BCUT2D eigenvalue weighted by Crippen LogP contribution is -2.32. The molecule has 0 N–H and O–H groups in total. The first kappa shape index (κ1) is 25.3. The second-order valence-corrected chi connectivity index (χ2v) is 9.76. The Labute approximate surface area is 222 Å². The summed E-state index contributed by atoms with van der Waals surface area (Å²) in [5.74, 6) is 1.27. The van der Waals surface area contributed by atoms with Crippen molar-refractivity contribution in [3.63, 3.8) is 0 Å². The van der Waals surface area contributed by atoms with Gasteiger partial charge in [-0.3, -0.25) is 14.3 Å². The summed E-state index contributed by atoms with van der Waals surface area (Å²) in [5.41, 5.74) is 4.49. The van der Waals surface area contributed by atoms with Crippen LogP contribution in [-0.2, 0) is 19.6 Å². The zero-order valence-corrected chi connectivity index (χ0v) is 22.0. The average molecular weight is 513 g/mol. The van der Waals surface area contributed by atoms with Crippen molar-refractivity contribution in [2.45, 2.75) is 39.9 Å². The minimum atomic E-state index is -0.171. The molecule has 0 aliphatic carbocycles. The number of aryl methyl sites for hydroxylation is 2. The highest BCUT2D eigenvalue weighted by Gasteiger charge is 2.22. The first-order valence-corrected chi connectivity index (χ1v) is 12.8. The van der Waals surface area contributed by atoms with Gasteiger partial charge in [0, 0.05) is 32.4 Å². The first-order chi connectivity index (χ1) is 18.4. The smallest absolute Gasteiger partial charge is 0.289 e. The number of hydrogen-bond donors (Lipinski definition) is 0. The Balaban J connectivity index is 1.38. The third-order valence-corrected chi connectivity index (χ3v) is 6.65. The second kappa shape index (κ2) is 11.0. The van der Waals surface area contributed by atoms with Crippen LogP contribution >= 0.6 is 0 Å². The molecule has 2 aromatic heterocycles. The molecule has 0 fully saturated rings. The topological polar surface area (TPSA) is 80.8 Å². The van der Waals surface area contributed by atoms with Gasteiger partial charge >= 0.3 is 0 Å². The van der Waals surface area contributed by atoms with Crippen molar-refractivity contribution in [2.24, 2.45) is 0 Å². The highest BCUT2D eigenvalue weighted by molar-refractivity contribution is 5.96. The molecular weight excluding hydrogens is 480 g/mol. The van der Waals surface area contributed by atoms with Gasteiger partial charge < -0.3 is 19.0 Å². The number of amides is 2. The van der Waals surface area contributed by atoms with Crippen LogP contribution in [0.1, 0.15) is 55.6 Å². The molecule has 38 heavy (non-hydrogen) atoms. The van der Waals surface area contributed by atoms with E-state index in [0.29, 0.717) is 62.0 Å². The first-order valence-electron chi connectivity index (χ1n) is 12.8. The predicted octanol–water partition coefficient (Wildman–Crippen LogP) is 4.84. The van der Waals surface area contributed by atoms with E-state index in [9.17, 15) is 9.59 Å². The third-order valence-electron chi connectivity index (χ3n) is 6.65. The monoisotopic (exact) mass is 512 g/mol. The van der Waals surface area contributed by atoms with Gasteiger partial charge in [0.05, 0.1) is 24.4 Å². The SMILES string of the molecule is Cc1cc(C)n(Cc2ccc(C(=O)N3CCCOc4ccccc4C(=O)N(C)Cc4cccc(c4)C3)o2)n1. The Bertz CT molecular complexity index is 1450. The molecule has 0 saturated carbocycles. The molecule has 0 spiro atoms. The molecule has 5 rings (SSSR count). The summed E-state index contributed by atoms with van der Waals surface area (Å²) < 4.78 is 13.8. The maximum Gasteiger partial charge on any atom is 0.289 e. The van der Waals surface area contributed by atoms with Crippen LogP contribution in [0.5, 0.6) is 5.75 Å². The molecule has 196 valence electrons. The number of para-hydroxylation sites is 1. The van der Waals surface area contributed by atoms with Gasteiger partial charge in [0.1, 0.15) is 11.5 Å². The quantitative estimate of drug-likeness (QED) is 0.393. The van der Waals surface area contributed by atoms with E-state index in [0.717, 1.165) is 22.5 Å². The van der Waals surface area contributed by atoms with Crippen molar-refractivity contribution in [3.8, 4) is 5.75 Å². The van der Waals surface area contributed by atoms with E-state index in [4.69, 9.17) is 9.15 Å². The standard InChI is InChI=1S/C30H32N4O4/c1-21-16-22(2)34(31-21)20-25-12-13-28(38-25)30(36)33-14-7-15-37-27-11-5-4-10-26(27)29(35)32(3)18-23-8-6-9-24(17-23)19-33/h4-6,8-13,16-17H,7,14-15,18-20H2,1-3H3. The Hall–Kier alpha value is -4.33. The summed E-state index contributed by atoms with van der Waals surface area (Å²) in [6.07, 6.45) is 0.600. The third kappa shape index (κ3) is 5.64. The largest absolute Gasteiger partial charge is 0.493 e.